The molecule has 0 saturated carbocycles. The van der Waals surface area contributed by atoms with Gasteiger partial charge in [-0.05, 0) is 23.8 Å². The van der Waals surface area contributed by atoms with Gasteiger partial charge in [0.25, 0.3) is 0 Å². The highest BCUT2D eigenvalue weighted by molar-refractivity contribution is 8.45. The smallest absolute Gasteiger partial charge is 0.310 e. The van der Waals surface area contributed by atoms with Gasteiger partial charge < -0.3 is 5.11 Å². The molecule has 0 heterocycles. The Balaban J connectivity index is 3.47. The Kier molecular flexibility index (Phi) is 2.32. The fraction of sp³-hybridized carbons (Fsp3) is 0.143. The number of aliphatic hydroxyl groups excluding tert-OH is 1. The zero-order chi connectivity index (χ0) is 12.0. The van der Waals surface area contributed by atoms with Gasteiger partial charge in [0, 0.05) is 5.02 Å². The minimum Gasteiger partial charge on any atom is -0.392 e. The Morgan fingerprint density at radius 3 is 2.00 bits per heavy atom. The first kappa shape index (κ1) is 12.5. The lowest BCUT2D eigenvalue weighted by Gasteiger charge is -2.40. The summed E-state index contributed by atoms with van der Waals surface area (Å²) in [7, 11) is -9.71. The van der Waals surface area contributed by atoms with Crippen LogP contribution in [0.15, 0.2) is 23.1 Å². The summed E-state index contributed by atoms with van der Waals surface area (Å²) in [5.41, 5.74) is -0.314. The first-order valence-corrected chi connectivity index (χ1v) is 5.90. The zero-order valence-corrected chi connectivity index (χ0v) is 8.63. The van der Waals surface area contributed by atoms with Crippen LogP contribution in [0.1, 0.15) is 5.56 Å². The molecular weight excluding hydrogens is 263 g/mol. The van der Waals surface area contributed by atoms with Gasteiger partial charge in [0.05, 0.1) is 6.61 Å². The van der Waals surface area contributed by atoms with Gasteiger partial charge in [-0.1, -0.05) is 31.0 Å². The molecule has 0 saturated heterocycles. The van der Waals surface area contributed by atoms with Crippen molar-refractivity contribution in [3.63, 3.8) is 0 Å². The van der Waals surface area contributed by atoms with Crippen molar-refractivity contribution in [1.29, 1.82) is 0 Å². The second kappa shape index (κ2) is 2.78. The first-order chi connectivity index (χ1) is 6.42. The molecule has 15 heavy (non-hydrogen) atoms. The zero-order valence-electron chi connectivity index (χ0n) is 7.06. The van der Waals surface area contributed by atoms with Crippen molar-refractivity contribution in [2.75, 3.05) is 0 Å². The molecule has 0 aliphatic rings. The number of rotatable bonds is 2. The summed E-state index contributed by atoms with van der Waals surface area (Å²) in [5, 5.41) is 8.07. The maximum Gasteiger partial charge on any atom is 0.310 e. The Bertz CT molecular complexity index is 401. The highest BCUT2D eigenvalue weighted by Gasteiger charge is 2.65. The number of hydrogen-bond donors (Lipinski definition) is 1. The highest BCUT2D eigenvalue weighted by atomic mass is 35.5. The highest BCUT2D eigenvalue weighted by Crippen LogP contribution is 3.02. The van der Waals surface area contributed by atoms with Crippen LogP contribution in [0.25, 0.3) is 0 Å². The van der Waals surface area contributed by atoms with E-state index in [1.54, 1.807) is 0 Å². The number of halogens is 6. The van der Waals surface area contributed by atoms with Gasteiger partial charge in [0.1, 0.15) is 4.90 Å². The lowest BCUT2D eigenvalue weighted by atomic mass is 10.2. The molecule has 8 heteroatoms. The molecule has 1 aromatic rings. The molecule has 1 N–H and O–H groups in total. The van der Waals surface area contributed by atoms with Gasteiger partial charge in [0.2, 0.25) is 0 Å². The average molecular weight is 269 g/mol. The van der Waals surface area contributed by atoms with Crippen molar-refractivity contribution in [3.8, 4) is 0 Å². The lowest BCUT2D eigenvalue weighted by Crippen LogP contribution is -2.06. The molecule has 0 amide bonds. The van der Waals surface area contributed by atoms with E-state index in [1.165, 1.54) is 0 Å². The normalized spacial score (nSPS) is 17.0. The molecule has 0 bridgehead atoms. The largest absolute Gasteiger partial charge is 0.392 e. The van der Waals surface area contributed by atoms with Crippen molar-refractivity contribution in [3.05, 3.63) is 28.8 Å². The fourth-order valence-electron chi connectivity index (χ4n) is 0.935. The number of aliphatic hydroxyl groups is 1. The van der Waals surface area contributed by atoms with E-state index >= 15 is 0 Å². The van der Waals surface area contributed by atoms with E-state index in [4.69, 9.17) is 16.7 Å². The van der Waals surface area contributed by atoms with Crippen molar-refractivity contribution in [2.45, 2.75) is 11.5 Å². The minimum atomic E-state index is -9.71. The summed E-state index contributed by atoms with van der Waals surface area (Å²) in [6.07, 6.45) is 0. The molecule has 0 unspecified atom stereocenters. The van der Waals surface area contributed by atoms with Crippen LogP contribution in [-0.2, 0) is 6.61 Å². The van der Waals surface area contributed by atoms with Crippen LogP contribution in [0.5, 0.6) is 0 Å². The van der Waals surface area contributed by atoms with E-state index in [9.17, 15) is 19.4 Å². The van der Waals surface area contributed by atoms with Crippen LogP contribution < -0.4 is 0 Å². The molecule has 1 rings (SSSR count). The fourth-order valence-corrected chi connectivity index (χ4v) is 1.98. The Hall–Kier alpha value is -0.530. The lowest BCUT2D eigenvalue weighted by molar-refractivity contribution is 0.281. The monoisotopic (exact) mass is 268 g/mol. The van der Waals surface area contributed by atoms with E-state index in [0.717, 1.165) is 6.07 Å². The Morgan fingerprint density at radius 2 is 1.60 bits per heavy atom. The average Bonchev–Trinajstić information content (AvgIpc) is 1.99. The Morgan fingerprint density at radius 1 is 1.07 bits per heavy atom. The van der Waals surface area contributed by atoms with Crippen LogP contribution in [-0.4, -0.2) is 5.11 Å². The standard InChI is InChI=1S/C7H6ClF5OS/c8-6-1-5(4-14)2-7(3-6)15(9,10,11,12)13/h1-3,14H,4H2. The summed E-state index contributed by atoms with van der Waals surface area (Å²) in [4.78, 5) is -2.09. The number of hydrogen-bond acceptors (Lipinski definition) is 1. The minimum absolute atomic E-state index is 0.141. The molecule has 0 atom stereocenters. The molecule has 0 aromatic heterocycles. The van der Waals surface area contributed by atoms with Gasteiger partial charge in [-0.3, -0.25) is 0 Å². The first-order valence-electron chi connectivity index (χ1n) is 3.57. The van der Waals surface area contributed by atoms with Crippen LogP contribution in [0.4, 0.5) is 19.4 Å². The van der Waals surface area contributed by atoms with Crippen molar-refractivity contribution in [1.82, 2.24) is 0 Å². The van der Waals surface area contributed by atoms with E-state index in [0.29, 0.717) is 0 Å². The third-order valence-electron chi connectivity index (χ3n) is 1.56. The van der Waals surface area contributed by atoms with E-state index in [1.807, 2.05) is 0 Å². The summed E-state index contributed by atoms with van der Waals surface area (Å²) in [6.45, 7) is -0.790. The van der Waals surface area contributed by atoms with Crippen molar-refractivity contribution >= 4 is 21.8 Å². The summed E-state index contributed by atoms with van der Waals surface area (Å²) in [6, 6.07) is 1.31. The van der Waals surface area contributed by atoms with Crippen molar-refractivity contribution < 1.29 is 24.5 Å². The van der Waals surface area contributed by atoms with Crippen molar-refractivity contribution in [2.24, 2.45) is 0 Å². The van der Waals surface area contributed by atoms with E-state index < -0.39 is 26.7 Å². The molecule has 1 nitrogen and oxygen atoms in total. The molecule has 0 spiro atoms. The second-order valence-corrected chi connectivity index (χ2v) is 5.77. The third-order valence-corrected chi connectivity index (χ3v) is 2.90. The van der Waals surface area contributed by atoms with Gasteiger partial charge in [0.15, 0.2) is 0 Å². The third kappa shape index (κ3) is 3.22. The van der Waals surface area contributed by atoms with Crippen LogP contribution in [0, 0.1) is 0 Å². The molecule has 0 aliphatic heterocycles. The van der Waals surface area contributed by atoms with E-state index in [2.05, 4.69) is 0 Å². The molecule has 1 aromatic carbocycles. The van der Waals surface area contributed by atoms with Gasteiger partial charge in [-0.25, -0.2) is 0 Å². The topological polar surface area (TPSA) is 20.2 Å². The van der Waals surface area contributed by atoms with E-state index in [-0.39, 0.29) is 17.7 Å². The van der Waals surface area contributed by atoms with Crippen LogP contribution in [0.3, 0.4) is 0 Å². The predicted octanol–water partition coefficient (Wildman–Crippen LogP) is 4.49. The molecule has 0 aliphatic carbocycles. The molecule has 0 radical (unpaired) electrons. The second-order valence-electron chi connectivity index (χ2n) is 2.92. The van der Waals surface area contributed by atoms with Crippen LogP contribution >= 0.6 is 21.8 Å². The maximum atomic E-state index is 12.3. The summed E-state index contributed by atoms with van der Waals surface area (Å²) in [5.74, 6) is 0. The molecule has 88 valence electrons. The van der Waals surface area contributed by atoms with Gasteiger partial charge in [-0.15, -0.1) is 0 Å². The van der Waals surface area contributed by atoms with Crippen LogP contribution in [0.2, 0.25) is 5.02 Å². The SMILES string of the molecule is OCc1cc(Cl)cc(S(F)(F)(F)(F)F)c1. The Labute approximate surface area is 87.2 Å². The molecule has 0 fully saturated rings. The summed E-state index contributed by atoms with van der Waals surface area (Å²) < 4.78 is 61.5. The summed E-state index contributed by atoms with van der Waals surface area (Å²) >= 11 is 5.23. The van der Waals surface area contributed by atoms with Gasteiger partial charge >= 0.3 is 10.2 Å². The molecular formula is C7H6ClF5OS. The quantitative estimate of drug-likeness (QED) is 0.784. The van der Waals surface area contributed by atoms with Gasteiger partial charge in [-0.2, -0.15) is 0 Å². The number of benzene rings is 1. The predicted molar refractivity (Wildman–Crippen MR) is 48.8 cm³/mol. The maximum absolute atomic E-state index is 12.3.